The van der Waals surface area contributed by atoms with Crippen molar-refractivity contribution >= 4 is 36.4 Å². The van der Waals surface area contributed by atoms with Crippen molar-refractivity contribution in [3.05, 3.63) is 29.8 Å². The van der Waals surface area contributed by atoms with Crippen molar-refractivity contribution in [2.45, 2.75) is 31.8 Å². The Balaban J connectivity index is 0.00000144. The minimum atomic E-state index is 0. The maximum Gasteiger partial charge on any atom is 0.221 e. The minimum Gasteiger partial charge on any atom is -0.378 e. The van der Waals surface area contributed by atoms with Gasteiger partial charge in [0.1, 0.15) is 0 Å². The van der Waals surface area contributed by atoms with Gasteiger partial charge in [0, 0.05) is 43.8 Å². The molecule has 136 valence electrons. The Morgan fingerprint density at radius 1 is 1.42 bits per heavy atom. The van der Waals surface area contributed by atoms with Crippen molar-refractivity contribution in [1.29, 1.82) is 0 Å². The van der Waals surface area contributed by atoms with Gasteiger partial charge >= 0.3 is 0 Å². The number of nitrogens with zero attached hydrogens (tertiary/aromatic N) is 1. The number of benzene rings is 1. The van der Waals surface area contributed by atoms with Crippen LogP contribution >= 0.6 is 24.8 Å². The zero-order chi connectivity index (χ0) is 15.4. The number of carbonyl (C=O) groups excluding carboxylic acids is 1. The molecule has 0 spiro atoms. The number of anilines is 1. The number of para-hydroxylation sites is 1. The maximum atomic E-state index is 12.1. The fourth-order valence-electron chi connectivity index (χ4n) is 3.24. The third kappa shape index (κ3) is 5.24. The van der Waals surface area contributed by atoms with Gasteiger partial charge in [0.2, 0.25) is 5.91 Å². The number of halogens is 2. The highest BCUT2D eigenvalue weighted by Crippen LogP contribution is 2.28. The number of ether oxygens (including phenoxy) is 1. The molecule has 1 aromatic rings. The van der Waals surface area contributed by atoms with Gasteiger partial charge in [0.05, 0.1) is 13.2 Å². The number of rotatable bonds is 5. The van der Waals surface area contributed by atoms with Crippen molar-refractivity contribution in [3.63, 3.8) is 0 Å². The maximum absolute atomic E-state index is 12.1. The predicted octanol–water partition coefficient (Wildman–Crippen LogP) is 1.78. The lowest BCUT2D eigenvalue weighted by Crippen LogP contribution is -2.46. The van der Waals surface area contributed by atoms with Crippen molar-refractivity contribution in [2.24, 2.45) is 0 Å². The van der Waals surface area contributed by atoms with Crippen LogP contribution < -0.4 is 15.5 Å². The molecule has 24 heavy (non-hydrogen) atoms. The number of nitrogens with one attached hydrogen (secondary N) is 2. The van der Waals surface area contributed by atoms with Crippen LogP contribution in [0.2, 0.25) is 0 Å². The van der Waals surface area contributed by atoms with Gasteiger partial charge < -0.3 is 20.3 Å². The van der Waals surface area contributed by atoms with E-state index < -0.39 is 0 Å². The Hall–Kier alpha value is -1.01. The summed E-state index contributed by atoms with van der Waals surface area (Å²) in [6.07, 6.45) is 1.58. The van der Waals surface area contributed by atoms with Crippen LogP contribution in [0.4, 0.5) is 5.69 Å². The van der Waals surface area contributed by atoms with Crippen molar-refractivity contribution in [2.75, 3.05) is 37.7 Å². The third-order valence-electron chi connectivity index (χ3n) is 4.48. The molecular weight excluding hydrogens is 349 g/mol. The molecule has 5 nitrogen and oxygen atoms in total. The van der Waals surface area contributed by atoms with Crippen LogP contribution in [0.5, 0.6) is 0 Å². The summed E-state index contributed by atoms with van der Waals surface area (Å²) in [4.78, 5) is 14.4. The third-order valence-corrected chi connectivity index (χ3v) is 4.48. The van der Waals surface area contributed by atoms with Crippen LogP contribution in [-0.2, 0) is 16.0 Å². The lowest BCUT2D eigenvalue weighted by Gasteiger charge is -2.28. The number of amides is 1. The fourth-order valence-corrected chi connectivity index (χ4v) is 3.24. The van der Waals surface area contributed by atoms with E-state index in [-0.39, 0.29) is 36.8 Å². The monoisotopic (exact) mass is 375 g/mol. The summed E-state index contributed by atoms with van der Waals surface area (Å²) in [5, 5.41) is 6.37. The fraction of sp³-hybridized carbons (Fsp3) is 0.588. The van der Waals surface area contributed by atoms with Crippen LogP contribution in [0.25, 0.3) is 0 Å². The van der Waals surface area contributed by atoms with Gasteiger partial charge in [0.15, 0.2) is 0 Å². The number of carbonyl (C=O) groups is 1. The molecule has 2 aliphatic rings. The first kappa shape index (κ1) is 21.0. The quantitative estimate of drug-likeness (QED) is 0.823. The Morgan fingerprint density at radius 3 is 2.96 bits per heavy atom. The molecule has 1 aromatic carbocycles. The first-order valence-electron chi connectivity index (χ1n) is 8.16. The highest BCUT2D eigenvalue weighted by Gasteiger charge is 2.23. The van der Waals surface area contributed by atoms with Crippen LogP contribution in [0.15, 0.2) is 24.3 Å². The molecule has 7 heteroatoms. The molecule has 0 saturated carbocycles. The van der Waals surface area contributed by atoms with Crippen molar-refractivity contribution < 1.29 is 9.53 Å². The van der Waals surface area contributed by atoms with Crippen LogP contribution in [-0.4, -0.2) is 50.8 Å². The summed E-state index contributed by atoms with van der Waals surface area (Å²) in [7, 11) is 0. The molecule has 0 bridgehead atoms. The number of morpholine rings is 1. The predicted molar refractivity (Wildman–Crippen MR) is 102 cm³/mol. The van der Waals surface area contributed by atoms with Gasteiger partial charge in [-0.25, -0.2) is 0 Å². The van der Waals surface area contributed by atoms with Gasteiger partial charge in [-0.05, 0) is 25.0 Å². The van der Waals surface area contributed by atoms with E-state index in [9.17, 15) is 4.79 Å². The van der Waals surface area contributed by atoms with E-state index in [1.165, 1.54) is 11.3 Å². The Morgan fingerprint density at radius 2 is 2.21 bits per heavy atom. The smallest absolute Gasteiger partial charge is 0.221 e. The molecule has 1 fully saturated rings. The van der Waals surface area contributed by atoms with Crippen LogP contribution in [0.3, 0.4) is 0 Å². The summed E-state index contributed by atoms with van der Waals surface area (Å²) in [6.45, 7) is 6.09. The molecule has 0 aliphatic carbocycles. The molecule has 2 atom stereocenters. The summed E-state index contributed by atoms with van der Waals surface area (Å²) in [6, 6.07) is 8.99. The van der Waals surface area contributed by atoms with E-state index in [4.69, 9.17) is 4.74 Å². The standard InChI is InChI=1S/C17H25N3O2.2ClH/c1-13(20-8-6-14-4-2-3-5-16(14)20)11-19-17(21)10-15-12-22-9-7-18-15;;/h2-5,13,15,18H,6-12H2,1H3,(H,19,21);2*1H. The molecule has 3 rings (SSSR count). The van der Waals surface area contributed by atoms with E-state index in [2.05, 4.69) is 46.7 Å². The normalized spacial score (nSPS) is 20.4. The molecule has 0 radical (unpaired) electrons. The number of hydrogen-bond donors (Lipinski definition) is 2. The van der Waals surface area contributed by atoms with E-state index in [1.54, 1.807) is 0 Å². The van der Waals surface area contributed by atoms with Crippen LogP contribution in [0.1, 0.15) is 18.9 Å². The van der Waals surface area contributed by atoms with Gasteiger partial charge in [0.25, 0.3) is 0 Å². The largest absolute Gasteiger partial charge is 0.378 e. The Bertz CT molecular complexity index is 524. The van der Waals surface area contributed by atoms with Gasteiger partial charge in [-0.2, -0.15) is 0 Å². The minimum absolute atomic E-state index is 0. The topological polar surface area (TPSA) is 53.6 Å². The van der Waals surface area contributed by atoms with E-state index in [1.807, 2.05) is 0 Å². The zero-order valence-corrected chi connectivity index (χ0v) is 15.6. The SMILES string of the molecule is CC(CNC(=O)CC1COCCN1)N1CCc2ccccc21.Cl.Cl. The second kappa shape index (κ2) is 10.1. The molecule has 0 aromatic heterocycles. The summed E-state index contributed by atoms with van der Waals surface area (Å²) in [5.41, 5.74) is 2.72. The second-order valence-electron chi connectivity index (χ2n) is 6.16. The van der Waals surface area contributed by atoms with E-state index >= 15 is 0 Å². The molecular formula is C17H27Cl2N3O2. The Kier molecular flexibility index (Phi) is 8.84. The van der Waals surface area contributed by atoms with Gasteiger partial charge in [-0.1, -0.05) is 18.2 Å². The molecule has 1 amide bonds. The average molecular weight is 376 g/mol. The molecule has 1 saturated heterocycles. The molecule has 2 heterocycles. The van der Waals surface area contributed by atoms with E-state index in [0.717, 1.165) is 26.1 Å². The molecule has 2 unspecified atom stereocenters. The summed E-state index contributed by atoms with van der Waals surface area (Å²) < 4.78 is 5.38. The zero-order valence-electron chi connectivity index (χ0n) is 14.0. The lowest BCUT2D eigenvalue weighted by atomic mass is 10.1. The molecule has 2 aliphatic heterocycles. The lowest BCUT2D eigenvalue weighted by molar-refractivity contribution is -0.122. The molecule has 2 N–H and O–H groups in total. The average Bonchev–Trinajstić information content (AvgIpc) is 2.98. The highest BCUT2D eigenvalue weighted by molar-refractivity contribution is 5.85. The van der Waals surface area contributed by atoms with Crippen molar-refractivity contribution in [3.8, 4) is 0 Å². The number of hydrogen-bond acceptors (Lipinski definition) is 4. The van der Waals surface area contributed by atoms with Gasteiger partial charge in [-0.3, -0.25) is 4.79 Å². The van der Waals surface area contributed by atoms with Crippen LogP contribution in [0, 0.1) is 0 Å². The van der Waals surface area contributed by atoms with Gasteiger partial charge in [-0.15, -0.1) is 24.8 Å². The van der Waals surface area contributed by atoms with E-state index in [0.29, 0.717) is 25.6 Å². The summed E-state index contributed by atoms with van der Waals surface area (Å²) >= 11 is 0. The summed E-state index contributed by atoms with van der Waals surface area (Å²) in [5.74, 6) is 0.0994. The van der Waals surface area contributed by atoms with Crippen molar-refractivity contribution in [1.82, 2.24) is 10.6 Å². The highest BCUT2D eigenvalue weighted by atomic mass is 35.5. The number of fused-ring (bicyclic) bond motifs is 1. The first-order chi connectivity index (χ1) is 10.7. The first-order valence-corrected chi connectivity index (χ1v) is 8.16. The Labute approximate surface area is 156 Å². The second-order valence-corrected chi connectivity index (χ2v) is 6.16.